The van der Waals surface area contributed by atoms with E-state index in [1.54, 1.807) is 23.4 Å². The predicted molar refractivity (Wildman–Crippen MR) is 97.3 cm³/mol. The minimum atomic E-state index is -0.291. The zero-order valence-electron chi connectivity index (χ0n) is 14.7. The molecule has 3 rings (SSSR count). The summed E-state index contributed by atoms with van der Waals surface area (Å²) < 4.78 is 0. The molecular weight excluding hydrogens is 330 g/mol. The summed E-state index contributed by atoms with van der Waals surface area (Å²) >= 11 is 0. The number of benzene rings is 1. The third kappa shape index (κ3) is 3.75. The third-order valence-corrected chi connectivity index (χ3v) is 4.84. The number of hydrogen-bond acceptors (Lipinski definition) is 4. The van der Waals surface area contributed by atoms with Crippen LogP contribution < -0.4 is 5.32 Å². The van der Waals surface area contributed by atoms with E-state index in [-0.39, 0.29) is 42.8 Å². The highest BCUT2D eigenvalue weighted by Crippen LogP contribution is 2.40. The lowest BCUT2D eigenvalue weighted by Gasteiger charge is -2.55. The molecule has 1 aromatic carbocycles. The highest BCUT2D eigenvalue weighted by atomic mass is 16.3. The quantitative estimate of drug-likeness (QED) is 0.815. The van der Waals surface area contributed by atoms with Crippen LogP contribution in [-0.2, 0) is 16.0 Å². The molecule has 1 saturated heterocycles. The highest BCUT2D eigenvalue weighted by molar-refractivity contribution is 5.81. The van der Waals surface area contributed by atoms with Gasteiger partial charge in [0.05, 0.1) is 25.1 Å². The molecule has 2 heterocycles. The largest absolute Gasteiger partial charge is 0.394 e. The molecule has 0 radical (unpaired) electrons. The van der Waals surface area contributed by atoms with Gasteiger partial charge in [-0.2, -0.15) is 0 Å². The van der Waals surface area contributed by atoms with Crippen molar-refractivity contribution in [2.45, 2.75) is 31.3 Å². The Hall–Kier alpha value is -2.73. The third-order valence-electron chi connectivity index (χ3n) is 4.84. The monoisotopic (exact) mass is 353 g/mol. The molecule has 6 nitrogen and oxygen atoms in total. The number of aromatic nitrogens is 1. The van der Waals surface area contributed by atoms with Crippen molar-refractivity contribution in [2.75, 3.05) is 13.2 Å². The number of amides is 2. The number of carbonyl (C=O) groups excluding carboxylic acids is 2. The fourth-order valence-corrected chi connectivity index (χ4v) is 3.68. The summed E-state index contributed by atoms with van der Waals surface area (Å²) in [4.78, 5) is 30.0. The minimum absolute atomic E-state index is 0.00843. The van der Waals surface area contributed by atoms with Crippen molar-refractivity contribution in [3.63, 3.8) is 0 Å². The lowest BCUT2D eigenvalue weighted by atomic mass is 9.74. The van der Waals surface area contributed by atoms with Crippen LogP contribution in [0.15, 0.2) is 54.9 Å². The first-order chi connectivity index (χ1) is 12.6. The fraction of sp³-hybridized carbons (Fsp3) is 0.350. The molecule has 0 spiro atoms. The molecule has 0 bridgehead atoms. The van der Waals surface area contributed by atoms with Crippen molar-refractivity contribution < 1.29 is 14.7 Å². The summed E-state index contributed by atoms with van der Waals surface area (Å²) in [5.74, 6) is -0.214. The van der Waals surface area contributed by atoms with E-state index in [4.69, 9.17) is 0 Å². The molecule has 6 heteroatoms. The number of nitrogens with zero attached hydrogens (tertiary/aromatic N) is 2. The van der Waals surface area contributed by atoms with Gasteiger partial charge in [-0.15, -0.1) is 0 Å². The van der Waals surface area contributed by atoms with Gasteiger partial charge < -0.3 is 15.3 Å². The van der Waals surface area contributed by atoms with Crippen LogP contribution in [0, 0.1) is 0 Å². The van der Waals surface area contributed by atoms with Gasteiger partial charge in [0.2, 0.25) is 11.8 Å². The topological polar surface area (TPSA) is 82.5 Å². The number of rotatable bonds is 6. The molecular formula is C20H23N3O3. The van der Waals surface area contributed by atoms with Gasteiger partial charge in [0.15, 0.2) is 0 Å². The Bertz CT molecular complexity index is 751. The molecule has 26 heavy (non-hydrogen) atoms. The average molecular weight is 353 g/mol. The Balaban J connectivity index is 1.81. The summed E-state index contributed by atoms with van der Waals surface area (Å²) in [5, 5.41) is 12.7. The lowest BCUT2D eigenvalue weighted by Crippen LogP contribution is -2.68. The second-order valence-corrected chi connectivity index (χ2v) is 6.53. The van der Waals surface area contributed by atoms with Crippen LogP contribution in [-0.4, -0.2) is 52.0 Å². The number of aliphatic hydroxyl groups excluding tert-OH is 1. The first kappa shape index (κ1) is 18.1. The fourth-order valence-electron chi connectivity index (χ4n) is 3.68. The van der Waals surface area contributed by atoms with Gasteiger partial charge in [-0.25, -0.2) is 0 Å². The van der Waals surface area contributed by atoms with Crippen LogP contribution in [0.1, 0.15) is 24.0 Å². The molecule has 2 amide bonds. The van der Waals surface area contributed by atoms with Crippen LogP contribution in [0.5, 0.6) is 0 Å². The van der Waals surface area contributed by atoms with Crippen molar-refractivity contribution in [1.82, 2.24) is 15.2 Å². The van der Waals surface area contributed by atoms with E-state index in [2.05, 4.69) is 10.3 Å². The summed E-state index contributed by atoms with van der Waals surface area (Å²) in [6, 6.07) is 13.0. The molecule has 2 aromatic rings. The number of nitrogens with one attached hydrogen (secondary N) is 1. The van der Waals surface area contributed by atoms with Crippen LogP contribution in [0.3, 0.4) is 0 Å². The Morgan fingerprint density at radius 1 is 1.15 bits per heavy atom. The maximum atomic E-state index is 12.9. The average Bonchev–Trinajstić information content (AvgIpc) is 2.62. The number of hydrogen-bond donors (Lipinski definition) is 2. The molecule has 1 aromatic heterocycles. The molecule has 0 saturated carbocycles. The zero-order valence-corrected chi connectivity index (χ0v) is 14.7. The van der Waals surface area contributed by atoms with Crippen molar-refractivity contribution >= 4 is 11.8 Å². The van der Waals surface area contributed by atoms with Gasteiger partial charge >= 0.3 is 0 Å². The predicted octanol–water partition coefficient (Wildman–Crippen LogP) is 1.12. The first-order valence-electron chi connectivity index (χ1n) is 8.72. The van der Waals surface area contributed by atoms with Gasteiger partial charge in [-0.1, -0.05) is 36.4 Å². The Morgan fingerprint density at radius 3 is 2.54 bits per heavy atom. The SMILES string of the molecule is CC(=O)NC[C@H]1[C@H](c2ccccc2)[C@@H](CO)N1C(=O)Cc1cccnc1. The van der Waals surface area contributed by atoms with E-state index in [1.807, 2.05) is 36.4 Å². The zero-order chi connectivity index (χ0) is 18.5. The van der Waals surface area contributed by atoms with Crippen molar-refractivity contribution in [2.24, 2.45) is 0 Å². The van der Waals surface area contributed by atoms with E-state index >= 15 is 0 Å². The van der Waals surface area contributed by atoms with Crippen molar-refractivity contribution in [3.8, 4) is 0 Å². The van der Waals surface area contributed by atoms with E-state index in [0.29, 0.717) is 6.54 Å². The smallest absolute Gasteiger partial charge is 0.227 e. The Morgan fingerprint density at radius 2 is 1.92 bits per heavy atom. The maximum Gasteiger partial charge on any atom is 0.227 e. The molecule has 0 unspecified atom stereocenters. The second kappa shape index (κ2) is 8.10. The second-order valence-electron chi connectivity index (χ2n) is 6.53. The summed E-state index contributed by atoms with van der Waals surface area (Å²) in [6.07, 6.45) is 3.56. The summed E-state index contributed by atoms with van der Waals surface area (Å²) in [5.41, 5.74) is 1.89. The standard InChI is InChI=1S/C20H23N3O3/c1-14(25)22-12-17-20(16-7-3-2-4-8-16)18(13-24)23(17)19(26)10-15-6-5-9-21-11-15/h2-9,11,17-18,20,24H,10,12-13H2,1H3,(H,22,25)/t17-,18+,20-/m0/s1. The Labute approximate surface area is 152 Å². The van der Waals surface area contributed by atoms with Gasteiger partial charge in [0.25, 0.3) is 0 Å². The molecule has 0 aliphatic carbocycles. The molecule has 1 fully saturated rings. The van der Waals surface area contributed by atoms with Gasteiger partial charge in [-0.05, 0) is 17.2 Å². The summed E-state index contributed by atoms with van der Waals surface area (Å²) in [7, 11) is 0. The van der Waals surface area contributed by atoms with Crippen molar-refractivity contribution in [1.29, 1.82) is 0 Å². The first-order valence-corrected chi connectivity index (χ1v) is 8.72. The van der Waals surface area contributed by atoms with E-state index in [9.17, 15) is 14.7 Å². The number of pyridine rings is 1. The van der Waals surface area contributed by atoms with Gasteiger partial charge in [-0.3, -0.25) is 14.6 Å². The summed E-state index contributed by atoms with van der Waals surface area (Å²) in [6.45, 7) is 1.71. The van der Waals surface area contributed by atoms with Crippen molar-refractivity contribution in [3.05, 3.63) is 66.0 Å². The molecule has 1 aliphatic heterocycles. The number of likely N-dealkylation sites (tertiary alicyclic amines) is 1. The number of aliphatic hydroxyl groups is 1. The number of carbonyl (C=O) groups is 2. The van der Waals surface area contributed by atoms with E-state index in [0.717, 1.165) is 11.1 Å². The normalized spacial score (nSPS) is 21.8. The van der Waals surface area contributed by atoms with Gasteiger partial charge in [0.1, 0.15) is 0 Å². The molecule has 2 N–H and O–H groups in total. The van der Waals surface area contributed by atoms with E-state index in [1.165, 1.54) is 6.92 Å². The van der Waals surface area contributed by atoms with Crippen LogP contribution in [0.4, 0.5) is 0 Å². The lowest BCUT2D eigenvalue weighted by molar-refractivity contribution is -0.150. The highest BCUT2D eigenvalue weighted by Gasteiger charge is 2.50. The van der Waals surface area contributed by atoms with E-state index < -0.39 is 0 Å². The molecule has 136 valence electrons. The van der Waals surface area contributed by atoms with Crippen LogP contribution in [0.25, 0.3) is 0 Å². The maximum absolute atomic E-state index is 12.9. The Kier molecular flexibility index (Phi) is 5.63. The minimum Gasteiger partial charge on any atom is -0.394 e. The molecule has 1 aliphatic rings. The molecule has 3 atom stereocenters. The van der Waals surface area contributed by atoms with Crippen LogP contribution in [0.2, 0.25) is 0 Å². The van der Waals surface area contributed by atoms with Crippen LogP contribution >= 0.6 is 0 Å². The van der Waals surface area contributed by atoms with Gasteiger partial charge in [0, 0.05) is 31.8 Å².